The molecule has 102 valence electrons. The first-order valence-electron chi connectivity index (χ1n) is 5.68. The average Bonchev–Trinajstić information content (AvgIpc) is 2.65. The number of thioether (sulfide) groups is 1. The lowest BCUT2D eigenvalue weighted by Gasteiger charge is -2.16. The summed E-state index contributed by atoms with van der Waals surface area (Å²) >= 11 is 13.3. The van der Waals surface area contributed by atoms with Crippen LogP contribution in [0.4, 0.5) is 5.69 Å². The van der Waals surface area contributed by atoms with E-state index in [1.165, 1.54) is 17.8 Å². The fraction of sp³-hybridized carbons (Fsp3) is 0.333. The van der Waals surface area contributed by atoms with E-state index in [-0.39, 0.29) is 23.5 Å². The molecule has 0 spiro atoms. The van der Waals surface area contributed by atoms with Crippen molar-refractivity contribution in [2.24, 2.45) is 5.73 Å². The predicted octanol–water partition coefficient (Wildman–Crippen LogP) is 2.32. The van der Waals surface area contributed by atoms with Crippen LogP contribution >= 0.6 is 35.0 Å². The molecule has 1 heterocycles. The van der Waals surface area contributed by atoms with Crippen LogP contribution in [0, 0.1) is 0 Å². The molecule has 1 unspecified atom stereocenters. The molecule has 1 aromatic carbocycles. The molecule has 1 aliphatic heterocycles. The summed E-state index contributed by atoms with van der Waals surface area (Å²) in [6.45, 7) is 0.473. The lowest BCUT2D eigenvalue weighted by atomic mass is 10.3. The van der Waals surface area contributed by atoms with Crippen LogP contribution in [0.25, 0.3) is 0 Å². The van der Waals surface area contributed by atoms with E-state index in [2.05, 4.69) is 0 Å². The van der Waals surface area contributed by atoms with E-state index in [1.807, 2.05) is 0 Å². The maximum atomic E-state index is 12.2. The summed E-state index contributed by atoms with van der Waals surface area (Å²) in [6.07, 6.45) is 0.173. The quantitative estimate of drug-likeness (QED) is 0.865. The highest BCUT2D eigenvalue weighted by molar-refractivity contribution is 8.00. The first-order valence-corrected chi connectivity index (χ1v) is 7.48. The minimum Gasteiger partial charge on any atom is -0.330 e. The van der Waals surface area contributed by atoms with Crippen molar-refractivity contribution < 1.29 is 9.59 Å². The third-order valence-corrected chi connectivity index (χ3v) is 4.49. The van der Waals surface area contributed by atoms with Crippen LogP contribution in [0.1, 0.15) is 6.42 Å². The van der Waals surface area contributed by atoms with Crippen molar-refractivity contribution in [3.05, 3.63) is 28.2 Å². The van der Waals surface area contributed by atoms with Crippen LogP contribution in [0.15, 0.2) is 18.2 Å². The van der Waals surface area contributed by atoms with Gasteiger partial charge in [-0.25, -0.2) is 4.90 Å². The van der Waals surface area contributed by atoms with Gasteiger partial charge < -0.3 is 5.73 Å². The zero-order chi connectivity index (χ0) is 14.0. The molecule has 0 aliphatic carbocycles. The van der Waals surface area contributed by atoms with Crippen LogP contribution in [-0.2, 0) is 9.59 Å². The van der Waals surface area contributed by atoms with Gasteiger partial charge in [-0.05, 0) is 18.2 Å². The Bertz CT molecular complexity index is 524. The van der Waals surface area contributed by atoms with E-state index >= 15 is 0 Å². The summed E-state index contributed by atoms with van der Waals surface area (Å²) < 4.78 is 0. The number of imide groups is 1. The van der Waals surface area contributed by atoms with E-state index in [9.17, 15) is 9.59 Å². The SMILES string of the molecule is NCCSC1CC(=O)N(c2cc(Cl)ccc2Cl)C1=O. The second-order valence-corrected chi connectivity index (χ2v) is 6.17. The molecule has 0 aromatic heterocycles. The minimum atomic E-state index is -0.383. The molecular formula is C12H12Cl2N2O2S. The van der Waals surface area contributed by atoms with E-state index < -0.39 is 0 Å². The van der Waals surface area contributed by atoms with Gasteiger partial charge in [0.15, 0.2) is 0 Å². The van der Waals surface area contributed by atoms with Gasteiger partial charge in [0.2, 0.25) is 11.8 Å². The first kappa shape index (κ1) is 14.7. The van der Waals surface area contributed by atoms with E-state index in [0.717, 1.165) is 4.90 Å². The van der Waals surface area contributed by atoms with Crippen LogP contribution in [0.3, 0.4) is 0 Å². The molecule has 2 N–H and O–H groups in total. The molecule has 0 saturated carbocycles. The summed E-state index contributed by atoms with van der Waals surface area (Å²) in [4.78, 5) is 25.3. The number of rotatable bonds is 4. The van der Waals surface area contributed by atoms with Gasteiger partial charge in [0.05, 0.1) is 16.0 Å². The summed E-state index contributed by atoms with van der Waals surface area (Å²) in [6, 6.07) is 4.70. The summed E-state index contributed by atoms with van der Waals surface area (Å²) in [5, 5.41) is 0.375. The Labute approximate surface area is 125 Å². The van der Waals surface area contributed by atoms with Crippen LogP contribution in [-0.4, -0.2) is 29.4 Å². The zero-order valence-corrected chi connectivity index (χ0v) is 12.3. The normalized spacial score (nSPS) is 19.3. The molecule has 19 heavy (non-hydrogen) atoms. The first-order chi connectivity index (χ1) is 9.04. The van der Waals surface area contributed by atoms with E-state index in [1.54, 1.807) is 12.1 Å². The van der Waals surface area contributed by atoms with E-state index in [0.29, 0.717) is 28.0 Å². The molecule has 0 bridgehead atoms. The molecule has 1 saturated heterocycles. The molecule has 2 rings (SSSR count). The van der Waals surface area contributed by atoms with Gasteiger partial charge in [0.1, 0.15) is 0 Å². The number of carbonyl (C=O) groups is 2. The maximum Gasteiger partial charge on any atom is 0.247 e. The lowest BCUT2D eigenvalue weighted by molar-refractivity contribution is -0.121. The van der Waals surface area contributed by atoms with E-state index in [4.69, 9.17) is 28.9 Å². The predicted molar refractivity (Wildman–Crippen MR) is 78.9 cm³/mol. The van der Waals surface area contributed by atoms with Crippen molar-refractivity contribution in [1.29, 1.82) is 0 Å². The Hall–Kier alpha value is -0.750. The minimum absolute atomic E-state index is 0.173. The maximum absolute atomic E-state index is 12.2. The van der Waals surface area contributed by atoms with Gasteiger partial charge in [-0.15, -0.1) is 11.8 Å². The van der Waals surface area contributed by atoms with Crippen LogP contribution in [0.5, 0.6) is 0 Å². The van der Waals surface area contributed by atoms with Crippen LogP contribution in [0.2, 0.25) is 10.0 Å². The smallest absolute Gasteiger partial charge is 0.247 e. The fourth-order valence-corrected chi connectivity index (χ4v) is 3.15. The number of hydrogen-bond acceptors (Lipinski definition) is 4. The molecular weight excluding hydrogens is 307 g/mol. The van der Waals surface area contributed by atoms with Crippen molar-refractivity contribution in [2.45, 2.75) is 11.7 Å². The van der Waals surface area contributed by atoms with Gasteiger partial charge in [-0.2, -0.15) is 0 Å². The zero-order valence-electron chi connectivity index (χ0n) is 9.94. The number of nitrogens with two attached hydrogens (primary N) is 1. The Kier molecular flexibility index (Phi) is 4.73. The standard InChI is InChI=1S/C12H12Cl2N2O2S/c13-7-1-2-8(14)9(5-7)16-11(17)6-10(12(16)18)19-4-3-15/h1-2,5,10H,3-4,6,15H2. The van der Waals surface area contributed by atoms with Gasteiger partial charge in [-0.3, -0.25) is 9.59 Å². The third-order valence-electron chi connectivity index (χ3n) is 2.69. The van der Waals surface area contributed by atoms with Gasteiger partial charge in [-0.1, -0.05) is 23.2 Å². The number of hydrogen-bond donors (Lipinski definition) is 1. The fourth-order valence-electron chi connectivity index (χ4n) is 1.85. The number of benzene rings is 1. The number of halogens is 2. The molecule has 2 amide bonds. The third kappa shape index (κ3) is 3.05. The molecule has 1 fully saturated rings. The van der Waals surface area contributed by atoms with Crippen LogP contribution < -0.4 is 10.6 Å². The molecule has 1 atom stereocenters. The molecule has 1 aromatic rings. The molecule has 1 aliphatic rings. The lowest BCUT2D eigenvalue weighted by Crippen LogP contribution is -2.31. The number of amides is 2. The highest BCUT2D eigenvalue weighted by atomic mass is 35.5. The van der Waals surface area contributed by atoms with Crippen molar-refractivity contribution in [3.8, 4) is 0 Å². The van der Waals surface area contributed by atoms with Gasteiger partial charge in [0.25, 0.3) is 0 Å². The van der Waals surface area contributed by atoms with Crippen molar-refractivity contribution >= 4 is 52.5 Å². The highest BCUT2D eigenvalue weighted by Gasteiger charge is 2.40. The monoisotopic (exact) mass is 318 g/mol. The molecule has 4 nitrogen and oxygen atoms in total. The Morgan fingerprint density at radius 2 is 2.11 bits per heavy atom. The topological polar surface area (TPSA) is 63.4 Å². The molecule has 7 heteroatoms. The second-order valence-electron chi connectivity index (χ2n) is 4.02. The van der Waals surface area contributed by atoms with Crippen molar-refractivity contribution in [2.75, 3.05) is 17.2 Å². The molecule has 0 radical (unpaired) electrons. The summed E-state index contributed by atoms with van der Waals surface area (Å²) in [5.74, 6) is 0.122. The Morgan fingerprint density at radius 3 is 2.79 bits per heavy atom. The van der Waals surface area contributed by atoms with Gasteiger partial charge in [0, 0.05) is 23.7 Å². The van der Waals surface area contributed by atoms with Gasteiger partial charge >= 0.3 is 0 Å². The Morgan fingerprint density at radius 1 is 1.37 bits per heavy atom. The highest BCUT2D eigenvalue weighted by Crippen LogP contribution is 2.35. The number of anilines is 1. The average molecular weight is 319 g/mol. The second kappa shape index (κ2) is 6.13. The number of nitrogens with zero attached hydrogens (tertiary/aromatic N) is 1. The van der Waals surface area contributed by atoms with Crippen molar-refractivity contribution in [1.82, 2.24) is 0 Å². The van der Waals surface area contributed by atoms with Crippen molar-refractivity contribution in [3.63, 3.8) is 0 Å². The summed E-state index contributed by atoms with van der Waals surface area (Å²) in [7, 11) is 0. The largest absolute Gasteiger partial charge is 0.330 e. The number of carbonyl (C=O) groups excluding carboxylic acids is 2. The summed E-state index contributed by atoms with van der Waals surface area (Å²) in [5.41, 5.74) is 5.75. The Balaban J connectivity index is 2.27.